The van der Waals surface area contributed by atoms with Crippen molar-refractivity contribution in [2.75, 3.05) is 0 Å². The van der Waals surface area contributed by atoms with Crippen LogP contribution in [0.25, 0.3) is 10.8 Å². The van der Waals surface area contributed by atoms with Gasteiger partial charge in [-0.1, -0.05) is 24.3 Å². The van der Waals surface area contributed by atoms with Crippen LogP contribution >= 0.6 is 0 Å². The molecule has 1 N–H and O–H groups in total. The standard InChI is InChI=1S/C9H6N2O2/c12-9-8(11-13)7-4-2-1-3-6(7)5-10-9/h1-5H,(H,10,12). The summed E-state index contributed by atoms with van der Waals surface area (Å²) in [5.41, 5.74) is -0.00176. The Hall–Kier alpha value is -1.97. The lowest BCUT2D eigenvalue weighted by Crippen LogP contribution is -1.78. The van der Waals surface area contributed by atoms with Crippen LogP contribution in [0.5, 0.6) is 5.88 Å². The van der Waals surface area contributed by atoms with E-state index in [1.54, 1.807) is 18.2 Å². The molecule has 1 aromatic carbocycles. The summed E-state index contributed by atoms with van der Waals surface area (Å²) < 4.78 is 0. The van der Waals surface area contributed by atoms with E-state index in [2.05, 4.69) is 10.2 Å². The highest BCUT2D eigenvalue weighted by atomic mass is 16.3. The summed E-state index contributed by atoms with van der Waals surface area (Å²) in [6, 6.07) is 7.12. The van der Waals surface area contributed by atoms with Crippen LogP contribution < -0.4 is 0 Å². The van der Waals surface area contributed by atoms with Gasteiger partial charge in [-0.3, -0.25) is 0 Å². The zero-order valence-electron chi connectivity index (χ0n) is 6.64. The van der Waals surface area contributed by atoms with Crippen LogP contribution in [0.3, 0.4) is 0 Å². The monoisotopic (exact) mass is 174 g/mol. The fraction of sp³-hybridized carbons (Fsp3) is 0. The molecule has 0 unspecified atom stereocenters. The van der Waals surface area contributed by atoms with Gasteiger partial charge in [-0.25, -0.2) is 4.98 Å². The van der Waals surface area contributed by atoms with Crippen molar-refractivity contribution in [3.8, 4) is 5.88 Å². The van der Waals surface area contributed by atoms with Gasteiger partial charge in [0, 0.05) is 17.0 Å². The van der Waals surface area contributed by atoms with E-state index in [1.807, 2.05) is 6.07 Å². The second-order valence-electron chi connectivity index (χ2n) is 2.61. The highest BCUT2D eigenvalue weighted by Crippen LogP contribution is 2.31. The Morgan fingerprint density at radius 3 is 2.85 bits per heavy atom. The Labute approximate surface area is 73.8 Å². The molecule has 0 atom stereocenters. The third-order valence-corrected chi connectivity index (χ3v) is 1.84. The smallest absolute Gasteiger partial charge is 0.241 e. The SMILES string of the molecule is O=Nc1c(O)ncc2ccccc12. The molecule has 0 aliphatic rings. The second-order valence-corrected chi connectivity index (χ2v) is 2.61. The molecule has 0 aliphatic carbocycles. The fourth-order valence-corrected chi connectivity index (χ4v) is 1.23. The van der Waals surface area contributed by atoms with Gasteiger partial charge in [0.25, 0.3) is 0 Å². The van der Waals surface area contributed by atoms with E-state index in [1.165, 1.54) is 6.20 Å². The molecule has 4 heteroatoms. The summed E-state index contributed by atoms with van der Waals surface area (Å²) in [5.74, 6) is -0.325. The summed E-state index contributed by atoms with van der Waals surface area (Å²) in [4.78, 5) is 14.0. The molecular formula is C9H6N2O2. The first-order valence-electron chi connectivity index (χ1n) is 3.73. The van der Waals surface area contributed by atoms with Gasteiger partial charge in [0.15, 0.2) is 5.69 Å². The fourth-order valence-electron chi connectivity index (χ4n) is 1.23. The minimum Gasteiger partial charge on any atom is -0.492 e. The Bertz CT molecular complexity index is 468. The summed E-state index contributed by atoms with van der Waals surface area (Å²) in [7, 11) is 0. The van der Waals surface area contributed by atoms with Gasteiger partial charge in [-0.05, 0) is 5.18 Å². The van der Waals surface area contributed by atoms with Crippen LogP contribution in [-0.4, -0.2) is 10.1 Å². The molecule has 0 saturated heterocycles. The highest BCUT2D eigenvalue weighted by Gasteiger charge is 2.07. The molecule has 2 aromatic rings. The summed E-state index contributed by atoms with van der Waals surface area (Å²) in [6.07, 6.45) is 1.50. The normalized spacial score (nSPS) is 10.2. The molecule has 0 fully saturated rings. The van der Waals surface area contributed by atoms with Crippen LogP contribution in [0.2, 0.25) is 0 Å². The minimum absolute atomic E-state index is 0.00176. The third-order valence-electron chi connectivity index (χ3n) is 1.84. The number of nitrogens with zero attached hydrogens (tertiary/aromatic N) is 2. The lowest BCUT2D eigenvalue weighted by atomic mass is 10.1. The van der Waals surface area contributed by atoms with E-state index < -0.39 is 0 Å². The Kier molecular flexibility index (Phi) is 1.66. The van der Waals surface area contributed by atoms with Crippen molar-refractivity contribution in [1.82, 2.24) is 4.98 Å². The van der Waals surface area contributed by atoms with Gasteiger partial charge < -0.3 is 5.11 Å². The van der Waals surface area contributed by atoms with Crippen LogP contribution in [0.15, 0.2) is 35.6 Å². The topological polar surface area (TPSA) is 62.5 Å². The highest BCUT2D eigenvalue weighted by molar-refractivity contribution is 5.93. The van der Waals surface area contributed by atoms with Crippen molar-refractivity contribution < 1.29 is 5.11 Å². The maximum Gasteiger partial charge on any atom is 0.241 e. The van der Waals surface area contributed by atoms with Gasteiger partial charge >= 0.3 is 0 Å². The summed E-state index contributed by atoms with van der Waals surface area (Å²) in [6.45, 7) is 0. The number of pyridine rings is 1. The van der Waals surface area contributed by atoms with E-state index in [4.69, 9.17) is 0 Å². The van der Waals surface area contributed by atoms with Gasteiger partial charge in [0.1, 0.15) is 0 Å². The molecule has 1 aromatic heterocycles. The third kappa shape index (κ3) is 1.12. The molecule has 0 aliphatic heterocycles. The van der Waals surface area contributed by atoms with E-state index in [9.17, 15) is 10.0 Å². The lowest BCUT2D eigenvalue weighted by molar-refractivity contribution is 0.456. The predicted octanol–water partition coefficient (Wildman–Crippen LogP) is 2.34. The number of aromatic nitrogens is 1. The Morgan fingerprint density at radius 1 is 1.31 bits per heavy atom. The van der Waals surface area contributed by atoms with E-state index in [0.717, 1.165) is 5.39 Å². The minimum atomic E-state index is -0.325. The molecule has 13 heavy (non-hydrogen) atoms. The second kappa shape index (κ2) is 2.82. The number of hydrogen-bond acceptors (Lipinski definition) is 4. The average molecular weight is 174 g/mol. The predicted molar refractivity (Wildman–Crippen MR) is 48.9 cm³/mol. The van der Waals surface area contributed by atoms with Crippen molar-refractivity contribution in [3.63, 3.8) is 0 Å². The van der Waals surface area contributed by atoms with E-state index in [0.29, 0.717) is 5.39 Å². The molecule has 0 radical (unpaired) electrons. The molecule has 0 spiro atoms. The number of aromatic hydroxyl groups is 1. The molecule has 0 amide bonds. The van der Waals surface area contributed by atoms with Crippen LogP contribution in [0.1, 0.15) is 0 Å². The number of fused-ring (bicyclic) bond motifs is 1. The van der Waals surface area contributed by atoms with Crippen molar-refractivity contribution in [2.24, 2.45) is 5.18 Å². The van der Waals surface area contributed by atoms with Crippen molar-refractivity contribution in [3.05, 3.63) is 35.4 Å². The zero-order valence-corrected chi connectivity index (χ0v) is 6.64. The molecular weight excluding hydrogens is 168 g/mol. The largest absolute Gasteiger partial charge is 0.492 e. The van der Waals surface area contributed by atoms with Crippen molar-refractivity contribution >= 4 is 16.5 Å². The van der Waals surface area contributed by atoms with Crippen LogP contribution in [0.4, 0.5) is 5.69 Å². The molecule has 4 nitrogen and oxygen atoms in total. The maximum absolute atomic E-state index is 10.4. The molecule has 2 rings (SSSR count). The van der Waals surface area contributed by atoms with Crippen molar-refractivity contribution in [2.45, 2.75) is 0 Å². The maximum atomic E-state index is 10.4. The average Bonchev–Trinajstić information content (AvgIpc) is 2.18. The number of rotatable bonds is 1. The van der Waals surface area contributed by atoms with Gasteiger partial charge in [-0.15, -0.1) is 4.91 Å². The molecule has 1 heterocycles. The number of nitroso groups, excluding NO2 is 1. The van der Waals surface area contributed by atoms with Gasteiger partial charge in [0.05, 0.1) is 0 Å². The Balaban J connectivity index is 2.91. The zero-order chi connectivity index (χ0) is 9.26. The van der Waals surface area contributed by atoms with Crippen LogP contribution in [-0.2, 0) is 0 Å². The summed E-state index contributed by atoms with van der Waals surface area (Å²) >= 11 is 0. The number of hydrogen-bond donors (Lipinski definition) is 1. The molecule has 64 valence electrons. The van der Waals surface area contributed by atoms with Gasteiger partial charge in [-0.2, -0.15) is 0 Å². The number of benzene rings is 1. The lowest BCUT2D eigenvalue weighted by Gasteiger charge is -1.99. The Morgan fingerprint density at radius 2 is 2.08 bits per heavy atom. The van der Waals surface area contributed by atoms with E-state index in [-0.39, 0.29) is 11.6 Å². The summed E-state index contributed by atoms with van der Waals surface area (Å²) in [5, 5.41) is 13.3. The van der Waals surface area contributed by atoms with E-state index >= 15 is 0 Å². The quantitative estimate of drug-likeness (QED) is 0.675. The molecule has 0 bridgehead atoms. The first-order chi connectivity index (χ1) is 6.33. The molecule has 0 saturated carbocycles. The first kappa shape index (κ1) is 7.67. The van der Waals surface area contributed by atoms with Crippen molar-refractivity contribution in [1.29, 1.82) is 0 Å². The van der Waals surface area contributed by atoms with Gasteiger partial charge in [0.2, 0.25) is 5.88 Å². The first-order valence-corrected chi connectivity index (χ1v) is 3.73. The van der Waals surface area contributed by atoms with Crippen LogP contribution in [0, 0.1) is 4.91 Å².